The van der Waals surface area contributed by atoms with Gasteiger partial charge in [-0.15, -0.1) is 0 Å². The van der Waals surface area contributed by atoms with E-state index in [4.69, 9.17) is 23.2 Å². The van der Waals surface area contributed by atoms with Crippen molar-refractivity contribution < 1.29 is 4.92 Å². The maximum absolute atomic E-state index is 9.98. The lowest BCUT2D eigenvalue weighted by Gasteiger charge is -1.95. The van der Waals surface area contributed by atoms with Crippen molar-refractivity contribution in [3.8, 4) is 0 Å². The summed E-state index contributed by atoms with van der Waals surface area (Å²) in [5, 5.41) is 10.8. The maximum atomic E-state index is 9.98. The van der Waals surface area contributed by atoms with E-state index < -0.39 is 4.92 Å². The zero-order chi connectivity index (χ0) is 9.84. The van der Waals surface area contributed by atoms with Crippen LogP contribution in [0.4, 0.5) is 0 Å². The van der Waals surface area contributed by atoms with E-state index in [-0.39, 0.29) is 0 Å². The summed E-state index contributed by atoms with van der Waals surface area (Å²) in [5.41, 5.74) is 0.645. The van der Waals surface area contributed by atoms with Gasteiger partial charge < -0.3 is 0 Å². The summed E-state index contributed by atoms with van der Waals surface area (Å²) in [7, 11) is 0. The van der Waals surface area contributed by atoms with Crippen LogP contribution in [0.5, 0.6) is 0 Å². The molecule has 0 saturated carbocycles. The van der Waals surface area contributed by atoms with Crippen molar-refractivity contribution in [3.63, 3.8) is 0 Å². The molecule has 5 heteroatoms. The molecule has 0 heterocycles. The Labute approximate surface area is 84.7 Å². The fraction of sp³-hybridized carbons (Fsp3) is 0. The van der Waals surface area contributed by atoms with E-state index in [0.29, 0.717) is 15.6 Å². The van der Waals surface area contributed by atoms with Crippen LogP contribution in [-0.2, 0) is 0 Å². The normalized spacial score (nSPS) is 10.6. The van der Waals surface area contributed by atoms with Crippen molar-refractivity contribution in [2.75, 3.05) is 0 Å². The van der Waals surface area contributed by atoms with E-state index in [1.807, 2.05) is 0 Å². The summed E-state index contributed by atoms with van der Waals surface area (Å²) in [6.45, 7) is 0. The highest BCUT2D eigenvalue weighted by Crippen LogP contribution is 2.22. The highest BCUT2D eigenvalue weighted by Gasteiger charge is 1.97. The average molecular weight is 218 g/mol. The minimum atomic E-state index is -0.539. The third kappa shape index (κ3) is 3.05. The zero-order valence-electron chi connectivity index (χ0n) is 6.41. The second-order valence-corrected chi connectivity index (χ2v) is 3.09. The summed E-state index contributed by atoms with van der Waals surface area (Å²) in [4.78, 5) is 9.45. The Morgan fingerprint density at radius 1 is 1.31 bits per heavy atom. The highest BCUT2D eigenvalue weighted by molar-refractivity contribution is 6.42. The molecule has 0 unspecified atom stereocenters. The second kappa shape index (κ2) is 4.25. The van der Waals surface area contributed by atoms with Crippen LogP contribution in [0.3, 0.4) is 0 Å². The van der Waals surface area contributed by atoms with Crippen LogP contribution in [-0.4, -0.2) is 4.92 Å². The highest BCUT2D eigenvalue weighted by atomic mass is 35.5. The first-order chi connectivity index (χ1) is 6.09. The van der Waals surface area contributed by atoms with Gasteiger partial charge in [0, 0.05) is 6.08 Å². The molecule has 0 aliphatic heterocycles. The van der Waals surface area contributed by atoms with Gasteiger partial charge in [-0.1, -0.05) is 29.3 Å². The number of hydrogen-bond acceptors (Lipinski definition) is 2. The molecule has 1 rings (SSSR count). The minimum absolute atomic E-state index is 0.382. The van der Waals surface area contributed by atoms with Gasteiger partial charge in [0.25, 0.3) is 0 Å². The van der Waals surface area contributed by atoms with Crippen LogP contribution in [0.25, 0.3) is 6.08 Å². The van der Waals surface area contributed by atoms with Gasteiger partial charge >= 0.3 is 0 Å². The van der Waals surface area contributed by atoms with Gasteiger partial charge in [0.1, 0.15) is 0 Å². The largest absolute Gasteiger partial charge is 0.259 e. The lowest BCUT2D eigenvalue weighted by molar-refractivity contribution is -0.400. The molecular formula is C8H5Cl2NO2. The Morgan fingerprint density at radius 2 is 2.00 bits per heavy atom. The number of benzene rings is 1. The molecule has 0 N–H and O–H groups in total. The zero-order valence-corrected chi connectivity index (χ0v) is 7.92. The molecule has 0 amide bonds. The molecule has 1 aromatic rings. The fourth-order valence-corrected chi connectivity index (χ4v) is 1.07. The number of halogens is 2. The summed E-state index contributed by atoms with van der Waals surface area (Å²) in [6, 6.07) is 4.79. The third-order valence-electron chi connectivity index (χ3n) is 1.33. The summed E-state index contributed by atoms with van der Waals surface area (Å²) in [6.07, 6.45) is 2.20. The molecule has 3 nitrogen and oxygen atoms in total. The van der Waals surface area contributed by atoms with Gasteiger partial charge in [0.2, 0.25) is 6.20 Å². The smallest absolute Gasteiger partial charge is 0.235 e. The van der Waals surface area contributed by atoms with E-state index in [2.05, 4.69) is 0 Å². The average Bonchev–Trinajstić information content (AvgIpc) is 2.07. The van der Waals surface area contributed by atoms with Gasteiger partial charge in [-0.05, 0) is 17.7 Å². The van der Waals surface area contributed by atoms with Gasteiger partial charge in [0.05, 0.1) is 15.0 Å². The molecule has 1 aromatic carbocycles. The Balaban J connectivity index is 2.92. The van der Waals surface area contributed by atoms with Crippen molar-refractivity contribution in [1.82, 2.24) is 0 Å². The van der Waals surface area contributed by atoms with Gasteiger partial charge in [-0.2, -0.15) is 0 Å². The Bertz CT molecular complexity index is 363. The second-order valence-electron chi connectivity index (χ2n) is 2.27. The number of nitro groups is 1. The maximum Gasteiger partial charge on any atom is 0.235 e. The van der Waals surface area contributed by atoms with Crippen molar-refractivity contribution >= 4 is 29.3 Å². The molecular weight excluding hydrogens is 213 g/mol. The first-order valence-corrected chi connectivity index (χ1v) is 4.12. The summed E-state index contributed by atoms with van der Waals surface area (Å²) in [5.74, 6) is 0. The topological polar surface area (TPSA) is 43.1 Å². The van der Waals surface area contributed by atoms with Crippen LogP contribution in [0.2, 0.25) is 10.0 Å². The molecule has 0 aliphatic rings. The molecule has 0 bridgehead atoms. The van der Waals surface area contributed by atoms with E-state index in [9.17, 15) is 10.1 Å². The monoisotopic (exact) mass is 217 g/mol. The lowest BCUT2D eigenvalue weighted by Crippen LogP contribution is -1.82. The molecule has 0 aromatic heterocycles. The number of hydrogen-bond donors (Lipinski definition) is 0. The molecule has 0 radical (unpaired) electrons. The predicted molar refractivity (Wildman–Crippen MR) is 52.5 cm³/mol. The molecule has 13 heavy (non-hydrogen) atoms. The Hall–Kier alpha value is -1.06. The molecule has 0 spiro atoms. The van der Waals surface area contributed by atoms with Crippen molar-refractivity contribution in [1.29, 1.82) is 0 Å². The Morgan fingerprint density at radius 3 is 2.54 bits per heavy atom. The van der Waals surface area contributed by atoms with E-state index >= 15 is 0 Å². The predicted octanol–water partition coefficient (Wildman–Crippen LogP) is 3.24. The summed E-state index contributed by atoms with van der Waals surface area (Å²) >= 11 is 11.3. The SMILES string of the molecule is O=[N+]([O-])C=Cc1ccc(Cl)c(Cl)c1. The third-order valence-corrected chi connectivity index (χ3v) is 2.07. The van der Waals surface area contributed by atoms with Crippen LogP contribution >= 0.6 is 23.2 Å². The minimum Gasteiger partial charge on any atom is -0.259 e. The molecule has 0 fully saturated rings. The number of nitrogens with zero attached hydrogens (tertiary/aromatic N) is 1. The van der Waals surface area contributed by atoms with Crippen molar-refractivity contribution in [2.24, 2.45) is 0 Å². The van der Waals surface area contributed by atoms with E-state index in [1.165, 1.54) is 6.08 Å². The van der Waals surface area contributed by atoms with E-state index in [1.54, 1.807) is 18.2 Å². The van der Waals surface area contributed by atoms with Crippen molar-refractivity contribution in [2.45, 2.75) is 0 Å². The van der Waals surface area contributed by atoms with Gasteiger partial charge in [-0.3, -0.25) is 10.1 Å². The molecule has 0 saturated heterocycles. The van der Waals surface area contributed by atoms with Crippen LogP contribution < -0.4 is 0 Å². The molecule has 68 valence electrons. The lowest BCUT2D eigenvalue weighted by atomic mass is 10.2. The molecule has 0 aliphatic carbocycles. The summed E-state index contributed by atoms with van der Waals surface area (Å²) < 4.78 is 0. The standard InChI is InChI=1S/C8H5Cl2NO2/c9-7-2-1-6(5-8(7)10)3-4-11(12)13/h1-5H. The van der Waals surface area contributed by atoms with Crippen LogP contribution in [0.1, 0.15) is 5.56 Å². The van der Waals surface area contributed by atoms with Crippen LogP contribution in [0, 0.1) is 10.1 Å². The first-order valence-electron chi connectivity index (χ1n) is 3.36. The van der Waals surface area contributed by atoms with E-state index in [0.717, 1.165) is 6.20 Å². The quantitative estimate of drug-likeness (QED) is 0.564. The van der Waals surface area contributed by atoms with Gasteiger partial charge in [0.15, 0.2) is 0 Å². The van der Waals surface area contributed by atoms with Crippen molar-refractivity contribution in [3.05, 3.63) is 50.1 Å². The fourth-order valence-electron chi connectivity index (χ4n) is 0.763. The Kier molecular flexibility index (Phi) is 3.28. The van der Waals surface area contributed by atoms with Gasteiger partial charge in [-0.25, -0.2) is 0 Å². The first kappa shape index (κ1) is 10.0. The van der Waals surface area contributed by atoms with Crippen LogP contribution in [0.15, 0.2) is 24.4 Å². The number of rotatable bonds is 2. The molecule has 0 atom stereocenters.